The van der Waals surface area contributed by atoms with E-state index in [0.29, 0.717) is 17.2 Å². The number of carbonyl (C=O) groups is 1. The Balaban J connectivity index is 2.43. The first kappa shape index (κ1) is 15.0. The summed E-state index contributed by atoms with van der Waals surface area (Å²) < 4.78 is 0. The average molecular weight is 284 g/mol. The summed E-state index contributed by atoms with van der Waals surface area (Å²) in [7, 11) is 3.73. The zero-order valence-corrected chi connectivity index (χ0v) is 12.8. The Kier molecular flexibility index (Phi) is 4.52. The molecule has 0 spiro atoms. The molecule has 0 aliphatic heterocycles. The quantitative estimate of drug-likeness (QED) is 0.936. The number of benzene rings is 1. The fraction of sp³-hybridized carbons (Fsp3) is 0.312. The molecule has 21 heavy (non-hydrogen) atoms. The predicted octanol–water partition coefficient (Wildman–Crippen LogP) is 2.35. The van der Waals surface area contributed by atoms with Gasteiger partial charge in [-0.2, -0.15) is 0 Å². The van der Waals surface area contributed by atoms with Gasteiger partial charge >= 0.3 is 0 Å². The Labute approximate surface area is 125 Å². The van der Waals surface area contributed by atoms with Crippen molar-refractivity contribution in [1.29, 1.82) is 0 Å². The SMILES string of the molecule is CC(C)NC(=O)c1cnc(-c2ccccc2)nc1N(C)C. The van der Waals surface area contributed by atoms with Crippen LogP contribution >= 0.6 is 0 Å². The highest BCUT2D eigenvalue weighted by atomic mass is 16.1. The summed E-state index contributed by atoms with van der Waals surface area (Å²) in [4.78, 5) is 22.9. The normalized spacial score (nSPS) is 10.5. The standard InChI is InChI=1S/C16H20N4O/c1-11(2)18-16(21)13-10-17-14(19-15(13)20(3)4)12-8-6-5-7-9-12/h5-11H,1-4H3,(H,18,21). The maximum Gasteiger partial charge on any atom is 0.256 e. The van der Waals surface area contributed by atoms with E-state index in [9.17, 15) is 4.79 Å². The predicted molar refractivity (Wildman–Crippen MR) is 84.4 cm³/mol. The molecule has 0 aliphatic carbocycles. The third-order valence-corrected chi connectivity index (χ3v) is 2.89. The van der Waals surface area contributed by atoms with E-state index in [1.54, 1.807) is 6.20 Å². The minimum absolute atomic E-state index is 0.0707. The number of hydrogen-bond donors (Lipinski definition) is 1. The Hall–Kier alpha value is -2.43. The Bertz CT molecular complexity index is 623. The number of amides is 1. The van der Waals surface area contributed by atoms with Crippen LogP contribution in [0.5, 0.6) is 0 Å². The van der Waals surface area contributed by atoms with E-state index in [1.165, 1.54) is 0 Å². The van der Waals surface area contributed by atoms with Gasteiger partial charge in [0.25, 0.3) is 5.91 Å². The molecule has 5 nitrogen and oxygen atoms in total. The third-order valence-electron chi connectivity index (χ3n) is 2.89. The second kappa shape index (κ2) is 6.35. The van der Waals surface area contributed by atoms with Crippen LogP contribution in [0.3, 0.4) is 0 Å². The lowest BCUT2D eigenvalue weighted by Crippen LogP contribution is -2.32. The monoisotopic (exact) mass is 284 g/mol. The van der Waals surface area contributed by atoms with E-state index in [-0.39, 0.29) is 11.9 Å². The van der Waals surface area contributed by atoms with E-state index in [2.05, 4.69) is 15.3 Å². The molecule has 0 saturated carbocycles. The fourth-order valence-electron chi connectivity index (χ4n) is 1.94. The number of rotatable bonds is 4. The first-order valence-corrected chi connectivity index (χ1v) is 6.89. The number of hydrogen-bond acceptors (Lipinski definition) is 4. The Morgan fingerprint density at radius 1 is 1.19 bits per heavy atom. The second-order valence-electron chi connectivity index (χ2n) is 5.32. The second-order valence-corrected chi connectivity index (χ2v) is 5.32. The van der Waals surface area contributed by atoms with Crippen LogP contribution in [0.4, 0.5) is 5.82 Å². The van der Waals surface area contributed by atoms with Gasteiger partial charge in [0.1, 0.15) is 11.4 Å². The van der Waals surface area contributed by atoms with Crippen molar-refractivity contribution >= 4 is 11.7 Å². The highest BCUT2D eigenvalue weighted by Gasteiger charge is 2.17. The first-order chi connectivity index (χ1) is 9.99. The van der Waals surface area contributed by atoms with Gasteiger partial charge in [0.15, 0.2) is 5.82 Å². The highest BCUT2D eigenvalue weighted by Crippen LogP contribution is 2.20. The molecule has 0 fully saturated rings. The molecule has 0 atom stereocenters. The maximum absolute atomic E-state index is 12.2. The summed E-state index contributed by atoms with van der Waals surface area (Å²) in [6, 6.07) is 9.79. The van der Waals surface area contributed by atoms with Crippen molar-refractivity contribution in [3.05, 3.63) is 42.1 Å². The molecular weight excluding hydrogens is 264 g/mol. The van der Waals surface area contributed by atoms with Crippen LogP contribution in [0.1, 0.15) is 24.2 Å². The molecule has 2 rings (SSSR count). The number of nitrogens with one attached hydrogen (secondary N) is 1. The summed E-state index contributed by atoms with van der Waals surface area (Å²) in [6.07, 6.45) is 1.59. The van der Waals surface area contributed by atoms with Crippen LogP contribution in [-0.2, 0) is 0 Å². The lowest BCUT2D eigenvalue weighted by atomic mass is 10.2. The summed E-state index contributed by atoms with van der Waals surface area (Å²) in [5.41, 5.74) is 1.41. The Morgan fingerprint density at radius 2 is 1.86 bits per heavy atom. The van der Waals surface area contributed by atoms with Crippen molar-refractivity contribution in [2.75, 3.05) is 19.0 Å². The lowest BCUT2D eigenvalue weighted by molar-refractivity contribution is 0.0943. The van der Waals surface area contributed by atoms with Crippen molar-refractivity contribution in [3.63, 3.8) is 0 Å². The number of carbonyl (C=O) groups excluding carboxylic acids is 1. The highest BCUT2D eigenvalue weighted by molar-refractivity contribution is 5.99. The molecule has 0 aliphatic rings. The van der Waals surface area contributed by atoms with Gasteiger partial charge < -0.3 is 10.2 Å². The summed E-state index contributed by atoms with van der Waals surface area (Å²) in [6.45, 7) is 3.85. The van der Waals surface area contributed by atoms with Gasteiger partial charge in [-0.3, -0.25) is 4.79 Å². The van der Waals surface area contributed by atoms with Gasteiger partial charge in [0.2, 0.25) is 0 Å². The van der Waals surface area contributed by atoms with Gasteiger partial charge in [-0.05, 0) is 13.8 Å². The first-order valence-electron chi connectivity index (χ1n) is 6.89. The molecule has 0 unspecified atom stereocenters. The molecule has 1 heterocycles. The molecule has 1 amide bonds. The van der Waals surface area contributed by atoms with Crippen molar-refractivity contribution in [1.82, 2.24) is 15.3 Å². The van der Waals surface area contributed by atoms with Crippen LogP contribution < -0.4 is 10.2 Å². The number of anilines is 1. The molecular formula is C16H20N4O. The van der Waals surface area contributed by atoms with Crippen molar-refractivity contribution < 1.29 is 4.79 Å². The average Bonchev–Trinajstić information content (AvgIpc) is 2.46. The smallest absolute Gasteiger partial charge is 0.256 e. The summed E-state index contributed by atoms with van der Waals surface area (Å²) in [5, 5.41) is 2.87. The molecule has 0 radical (unpaired) electrons. The summed E-state index contributed by atoms with van der Waals surface area (Å²) >= 11 is 0. The van der Waals surface area contributed by atoms with Crippen molar-refractivity contribution in [3.8, 4) is 11.4 Å². The maximum atomic E-state index is 12.2. The molecule has 1 aromatic heterocycles. The van der Waals surface area contributed by atoms with E-state index < -0.39 is 0 Å². The Morgan fingerprint density at radius 3 is 2.43 bits per heavy atom. The number of nitrogens with zero attached hydrogens (tertiary/aromatic N) is 3. The fourth-order valence-corrected chi connectivity index (χ4v) is 1.94. The van der Waals surface area contributed by atoms with E-state index in [4.69, 9.17) is 0 Å². The van der Waals surface area contributed by atoms with Crippen molar-refractivity contribution in [2.24, 2.45) is 0 Å². The van der Waals surface area contributed by atoms with Gasteiger partial charge in [0, 0.05) is 31.9 Å². The zero-order valence-electron chi connectivity index (χ0n) is 12.8. The lowest BCUT2D eigenvalue weighted by Gasteiger charge is -2.17. The van der Waals surface area contributed by atoms with Crippen LogP contribution in [0.15, 0.2) is 36.5 Å². The molecule has 2 aromatic rings. The molecule has 1 aromatic carbocycles. The van der Waals surface area contributed by atoms with E-state index in [1.807, 2.05) is 63.2 Å². The zero-order chi connectivity index (χ0) is 15.4. The third kappa shape index (κ3) is 3.56. The van der Waals surface area contributed by atoms with Crippen LogP contribution in [0, 0.1) is 0 Å². The van der Waals surface area contributed by atoms with Crippen LogP contribution in [0.25, 0.3) is 11.4 Å². The van der Waals surface area contributed by atoms with Gasteiger partial charge in [-0.1, -0.05) is 30.3 Å². The van der Waals surface area contributed by atoms with Crippen LogP contribution in [-0.4, -0.2) is 36.0 Å². The van der Waals surface area contributed by atoms with Gasteiger partial charge in [-0.25, -0.2) is 9.97 Å². The topological polar surface area (TPSA) is 58.1 Å². The number of aromatic nitrogens is 2. The molecule has 1 N–H and O–H groups in total. The molecule has 0 saturated heterocycles. The minimum Gasteiger partial charge on any atom is -0.362 e. The van der Waals surface area contributed by atoms with E-state index in [0.717, 1.165) is 5.56 Å². The molecule has 5 heteroatoms. The van der Waals surface area contributed by atoms with Gasteiger partial charge in [0.05, 0.1) is 0 Å². The molecule has 0 bridgehead atoms. The van der Waals surface area contributed by atoms with Crippen LogP contribution in [0.2, 0.25) is 0 Å². The van der Waals surface area contributed by atoms with Crippen molar-refractivity contribution in [2.45, 2.75) is 19.9 Å². The largest absolute Gasteiger partial charge is 0.362 e. The summed E-state index contributed by atoms with van der Waals surface area (Å²) in [5.74, 6) is 1.07. The van der Waals surface area contributed by atoms with E-state index >= 15 is 0 Å². The minimum atomic E-state index is -0.159. The molecule has 110 valence electrons. The van der Waals surface area contributed by atoms with Gasteiger partial charge in [-0.15, -0.1) is 0 Å².